The van der Waals surface area contributed by atoms with Gasteiger partial charge in [-0.05, 0) is 211 Å². The summed E-state index contributed by atoms with van der Waals surface area (Å²) in [4.78, 5) is 16.6. The molecule has 8 saturated carbocycles. The highest BCUT2D eigenvalue weighted by atomic mass is 127. The fourth-order valence-electron chi connectivity index (χ4n) is 19.7. The number of hydrogen-bond acceptors (Lipinski definition) is 6. The Morgan fingerprint density at radius 1 is 0.727 bits per heavy atom. The zero-order valence-electron chi connectivity index (χ0n) is 43.9. The SMILES string of the molecule is C.CC[C@H]1[C@@H](O)[C@@H]2[C@H](CC[C@]3(C)[C@@H]([C@H](C)CCO)CC[C@@H]23)[C@@]2(C)CC[C@@H](C)C[C@@H]12.CC[C@H]1[C@@H](O)[C@@H]2[C@H](CC[C@]3(C)[C@@H]([C@H](C)CCOC(=O)n4ccnc4)CC[C@@H]23)[C@@]2(C)CC[C@@H](C)C[C@@H]12.[2H]CI. The number of imidazole rings is 1. The van der Waals surface area contributed by atoms with Gasteiger partial charge < -0.3 is 20.1 Å². The van der Waals surface area contributed by atoms with Crippen LogP contribution in [-0.4, -0.2) is 61.3 Å². The fourth-order valence-corrected chi connectivity index (χ4v) is 19.7. The van der Waals surface area contributed by atoms with E-state index in [1.54, 1.807) is 12.4 Å². The number of hydrogen-bond donors (Lipinski definition) is 3. The molecular weight excluding hydrogens is 932 g/mol. The first-order chi connectivity index (χ1) is 31.4. The molecule has 66 heavy (non-hydrogen) atoms. The lowest BCUT2D eigenvalue weighted by Crippen LogP contribution is -2.61. The van der Waals surface area contributed by atoms with Crippen LogP contribution < -0.4 is 0 Å². The van der Waals surface area contributed by atoms with E-state index in [-0.39, 0.29) is 25.7 Å². The summed E-state index contributed by atoms with van der Waals surface area (Å²) in [5.74, 6) is 10.2. The number of aliphatic hydroxyl groups excluding tert-OH is 3. The first-order valence-electron chi connectivity index (χ1n) is 28.1. The number of fused-ring (bicyclic) bond motifs is 10. The lowest BCUT2D eigenvalue weighted by molar-refractivity contribution is -0.198. The number of aromatic nitrogens is 2. The average molecular weight is 1030 g/mol. The van der Waals surface area contributed by atoms with Gasteiger partial charge in [0.15, 0.2) is 0 Å². The fraction of sp³-hybridized carbons (Fsp3) is 0.931. The first kappa shape index (κ1) is 53.1. The van der Waals surface area contributed by atoms with E-state index in [0.29, 0.717) is 105 Å². The van der Waals surface area contributed by atoms with Gasteiger partial charge in [-0.3, -0.25) is 0 Å². The van der Waals surface area contributed by atoms with Crippen molar-refractivity contribution in [1.29, 1.82) is 0 Å². The third-order valence-corrected chi connectivity index (χ3v) is 23.0. The van der Waals surface area contributed by atoms with Crippen LogP contribution in [0.5, 0.6) is 0 Å². The Morgan fingerprint density at radius 3 is 1.56 bits per heavy atom. The van der Waals surface area contributed by atoms with Crippen LogP contribution in [0.3, 0.4) is 0 Å². The van der Waals surface area contributed by atoms with Crippen LogP contribution in [0.25, 0.3) is 0 Å². The Balaban J connectivity index is 0.000000210. The number of nitrogens with zero attached hydrogens (tertiary/aromatic N) is 2. The van der Waals surface area contributed by atoms with Crippen molar-refractivity contribution >= 4 is 28.7 Å². The number of halogens is 1. The summed E-state index contributed by atoms with van der Waals surface area (Å²) >= 11 is 1.96. The van der Waals surface area contributed by atoms with E-state index in [9.17, 15) is 20.1 Å². The first-order valence-corrected chi connectivity index (χ1v) is 28.9. The van der Waals surface area contributed by atoms with Gasteiger partial charge in [-0.1, -0.05) is 125 Å². The van der Waals surface area contributed by atoms with Crippen molar-refractivity contribution in [2.75, 3.05) is 18.1 Å². The van der Waals surface area contributed by atoms with Gasteiger partial charge in [-0.2, -0.15) is 0 Å². The van der Waals surface area contributed by atoms with Crippen LogP contribution in [0, 0.1) is 116 Å². The van der Waals surface area contributed by atoms with Gasteiger partial charge in [0, 0.05) is 20.4 Å². The Hall–Kier alpha value is -0.710. The van der Waals surface area contributed by atoms with E-state index < -0.39 is 0 Å². The Labute approximate surface area is 419 Å². The second kappa shape index (κ2) is 22.0. The van der Waals surface area contributed by atoms with Crippen molar-refractivity contribution in [2.45, 2.75) is 204 Å². The number of carbonyl (C=O) groups is 1. The minimum atomic E-state index is -0.341. The largest absolute Gasteiger partial charge is 0.449 e. The van der Waals surface area contributed by atoms with Gasteiger partial charge in [0.2, 0.25) is 0 Å². The second-order valence-electron chi connectivity index (χ2n) is 25.5. The van der Waals surface area contributed by atoms with E-state index in [1.807, 2.05) is 22.6 Å². The molecule has 7 nitrogen and oxygen atoms in total. The minimum Gasteiger partial charge on any atom is -0.449 e. The molecule has 3 N–H and O–H groups in total. The third kappa shape index (κ3) is 9.44. The van der Waals surface area contributed by atoms with E-state index >= 15 is 0 Å². The molecule has 0 spiro atoms. The van der Waals surface area contributed by atoms with Crippen molar-refractivity contribution in [1.82, 2.24) is 9.55 Å². The number of carbonyl (C=O) groups excluding carboxylic acids is 1. The summed E-state index contributed by atoms with van der Waals surface area (Å²) in [6.07, 6.45) is 26.8. The predicted octanol–water partition coefficient (Wildman–Crippen LogP) is 14.4. The van der Waals surface area contributed by atoms with Gasteiger partial charge in [0.1, 0.15) is 6.33 Å². The van der Waals surface area contributed by atoms with E-state index in [4.69, 9.17) is 6.11 Å². The predicted molar refractivity (Wildman–Crippen MR) is 280 cm³/mol. The Kier molecular flexibility index (Phi) is 17.7. The van der Waals surface area contributed by atoms with Crippen molar-refractivity contribution < 1.29 is 26.2 Å². The van der Waals surface area contributed by atoms with Crippen LogP contribution >= 0.6 is 22.6 Å². The zero-order valence-corrected chi connectivity index (χ0v) is 45.1. The normalized spacial score (nSPS) is 47.7. The molecule has 0 radical (unpaired) electrons. The highest BCUT2D eigenvalue weighted by molar-refractivity contribution is 14.1. The number of rotatable bonds is 9. The molecule has 0 aliphatic heterocycles. The van der Waals surface area contributed by atoms with Crippen LogP contribution in [0.2, 0.25) is 0 Å². The monoisotopic (exact) mass is 1030 g/mol. The third-order valence-electron chi connectivity index (χ3n) is 23.0. The lowest BCUT2D eigenvalue weighted by atomic mass is 9.41. The van der Waals surface area contributed by atoms with Crippen LogP contribution in [0.4, 0.5) is 4.79 Å². The van der Waals surface area contributed by atoms with E-state index in [0.717, 1.165) is 55.3 Å². The molecule has 380 valence electrons. The number of aliphatic hydroxyl groups is 3. The minimum absolute atomic E-state index is 0. The molecule has 0 amide bonds. The second-order valence-corrected chi connectivity index (χ2v) is 25.5. The van der Waals surface area contributed by atoms with Gasteiger partial charge in [-0.25, -0.2) is 14.3 Å². The zero-order chi connectivity index (χ0) is 47.9. The van der Waals surface area contributed by atoms with Crippen LogP contribution in [-0.2, 0) is 4.74 Å². The van der Waals surface area contributed by atoms with Crippen molar-refractivity contribution in [3.63, 3.8) is 0 Å². The lowest BCUT2D eigenvalue weighted by Gasteiger charge is -2.65. The molecule has 8 aliphatic rings. The molecule has 22 atom stereocenters. The summed E-state index contributed by atoms with van der Waals surface area (Å²) in [6.45, 7) is 25.4. The molecule has 9 rings (SSSR count). The maximum Gasteiger partial charge on any atom is 0.419 e. The molecule has 0 unspecified atom stereocenters. The van der Waals surface area contributed by atoms with Gasteiger partial charge in [0.25, 0.3) is 0 Å². The standard InChI is InChI=1S/C30H48N2O3.C26H46O2.CH3I.CH4/c1-6-21-25-17-19(2)9-12-30(25,5)24-10-13-29(4)22(7-8-23(29)26(24)27(21)33)20(3)11-16-35-28(34)32-15-14-31-18-32;1-6-18-22-15-16(2)9-12-26(22,5)21-10-13-25(4)19(17(3)11-14-27)7-8-20(25)23(21)24(18)28;1-2;/h14-15,18-27,33H,6-13,16-17H2,1-5H3;16-24,27-28H,6-15H2,1-5H3;1H3;1H4/t19-,20-,21-,22-,23+,24+,25+,26+,27-,29-,30-;16-,17-,18-,19-,20+,21+,22+,23+,24-,25-,26-;;/m11../s1/i;;1D;. The molecule has 1 aromatic heterocycles. The Bertz CT molecular complexity index is 1720. The summed E-state index contributed by atoms with van der Waals surface area (Å²) in [7, 11) is 0. The van der Waals surface area contributed by atoms with Crippen molar-refractivity contribution in [3.05, 3.63) is 18.7 Å². The van der Waals surface area contributed by atoms with E-state index in [2.05, 4.69) is 74.2 Å². The number of ether oxygens (including phenoxy) is 1. The highest BCUT2D eigenvalue weighted by Gasteiger charge is 2.66. The van der Waals surface area contributed by atoms with E-state index in [1.165, 1.54) is 101 Å². The summed E-state index contributed by atoms with van der Waals surface area (Å²) in [6, 6.07) is 0. The molecule has 1 aromatic rings. The van der Waals surface area contributed by atoms with Crippen LogP contribution in [0.15, 0.2) is 18.7 Å². The summed E-state index contributed by atoms with van der Waals surface area (Å²) in [5.41, 5.74) is 1.52. The van der Waals surface area contributed by atoms with Crippen molar-refractivity contribution in [3.8, 4) is 0 Å². The molecule has 8 fully saturated rings. The highest BCUT2D eigenvalue weighted by Crippen LogP contribution is 2.72. The van der Waals surface area contributed by atoms with Gasteiger partial charge in [-0.15, -0.1) is 0 Å². The average Bonchev–Trinajstić information content (AvgIpc) is 4.04. The topological polar surface area (TPSA) is 105 Å². The molecule has 0 bridgehead atoms. The maximum absolute atomic E-state index is 12.2. The maximum atomic E-state index is 12.2. The van der Waals surface area contributed by atoms with Gasteiger partial charge in [0.05, 0.1) is 18.8 Å². The summed E-state index contributed by atoms with van der Waals surface area (Å²) in [5, 5.41) is 33.2. The molecule has 8 aliphatic carbocycles. The molecule has 0 aromatic carbocycles. The number of alkyl halides is 1. The Morgan fingerprint density at radius 2 is 1.15 bits per heavy atom. The molecule has 0 saturated heterocycles. The van der Waals surface area contributed by atoms with Crippen LogP contribution in [0.1, 0.15) is 194 Å². The van der Waals surface area contributed by atoms with Gasteiger partial charge >= 0.3 is 6.09 Å². The molecule has 1 heterocycles. The quantitative estimate of drug-likeness (QED) is 0.168. The molecule has 8 heteroatoms. The molecular formula is C58H101IN2O5. The smallest absolute Gasteiger partial charge is 0.419 e. The van der Waals surface area contributed by atoms with Crippen molar-refractivity contribution in [2.24, 2.45) is 116 Å². The summed E-state index contributed by atoms with van der Waals surface area (Å²) < 4.78 is 13.1.